The van der Waals surface area contributed by atoms with Gasteiger partial charge >= 0.3 is 5.97 Å². The van der Waals surface area contributed by atoms with Crippen molar-refractivity contribution in [2.75, 3.05) is 19.8 Å². The minimum Gasteiger partial charge on any atom is -0.480 e. The van der Waals surface area contributed by atoms with Crippen LogP contribution >= 0.6 is 0 Å². The monoisotopic (exact) mass is 181 g/mol. The van der Waals surface area contributed by atoms with Crippen LogP contribution in [0.5, 0.6) is 0 Å². The Morgan fingerprint density at radius 1 is 1.33 bits per heavy atom. The van der Waals surface area contributed by atoms with Gasteiger partial charge in [-0.2, -0.15) is 0 Å². The van der Waals surface area contributed by atoms with Crippen molar-refractivity contribution in [3.8, 4) is 0 Å². The van der Waals surface area contributed by atoms with E-state index in [1.807, 2.05) is 0 Å². The number of aliphatic carboxylic acids is 1. The zero-order chi connectivity index (χ0) is 9.40. The van der Waals surface area contributed by atoms with Crippen molar-refractivity contribution in [2.24, 2.45) is 0 Å². The second-order valence-corrected chi connectivity index (χ2v) is 1.89. The molecule has 72 valence electrons. The van der Waals surface area contributed by atoms with Crippen LogP contribution in [0.1, 0.15) is 6.42 Å². The van der Waals surface area contributed by atoms with Crippen LogP contribution in [0, 0.1) is 0 Å². The van der Waals surface area contributed by atoms with E-state index < -0.39 is 11.4 Å². The van der Waals surface area contributed by atoms with Gasteiger partial charge in [0, 0.05) is 6.61 Å². The quantitative estimate of drug-likeness (QED) is 0.359. The van der Waals surface area contributed by atoms with Gasteiger partial charge in [0.2, 0.25) is 0 Å². The lowest BCUT2D eigenvalue weighted by Crippen LogP contribution is -2.16. The average Bonchev–Trinajstić information content (AvgIpc) is 1.95. The second-order valence-electron chi connectivity index (χ2n) is 1.89. The molecule has 0 unspecified atom stereocenters. The van der Waals surface area contributed by atoms with E-state index in [4.69, 9.17) is 15.5 Å². The molecule has 0 saturated heterocycles. The first kappa shape index (κ1) is 11.3. The van der Waals surface area contributed by atoms with Crippen molar-refractivity contribution in [1.82, 2.24) is 5.39 Å². The standard InChI is InChI=1S/C5H11NO6/c7-5(8)4-11-2-1-3-12-6(9)10/h9-10H,1-4H2,(H,7,8). The molecule has 0 aliphatic heterocycles. The van der Waals surface area contributed by atoms with Crippen molar-refractivity contribution in [3.05, 3.63) is 0 Å². The summed E-state index contributed by atoms with van der Waals surface area (Å²) >= 11 is 0. The van der Waals surface area contributed by atoms with Gasteiger partial charge in [-0.3, -0.25) is 15.3 Å². The summed E-state index contributed by atoms with van der Waals surface area (Å²) in [7, 11) is 0. The Morgan fingerprint density at radius 3 is 2.50 bits per heavy atom. The lowest BCUT2D eigenvalue weighted by Gasteiger charge is -2.05. The van der Waals surface area contributed by atoms with E-state index in [1.54, 1.807) is 0 Å². The predicted molar refractivity (Wildman–Crippen MR) is 34.4 cm³/mol. The van der Waals surface area contributed by atoms with Gasteiger partial charge in [0.1, 0.15) is 6.61 Å². The zero-order valence-corrected chi connectivity index (χ0v) is 6.34. The Balaban J connectivity index is 2.96. The zero-order valence-electron chi connectivity index (χ0n) is 6.34. The van der Waals surface area contributed by atoms with Crippen LogP contribution in [0.15, 0.2) is 0 Å². The highest BCUT2D eigenvalue weighted by atomic mass is 17.1. The van der Waals surface area contributed by atoms with E-state index >= 15 is 0 Å². The Labute approximate surface area is 68.6 Å². The van der Waals surface area contributed by atoms with Crippen LogP contribution < -0.4 is 0 Å². The topological polar surface area (TPSA) is 99.5 Å². The summed E-state index contributed by atoms with van der Waals surface area (Å²) in [5.74, 6) is -1.04. The first-order valence-corrected chi connectivity index (χ1v) is 3.23. The molecule has 0 spiro atoms. The second kappa shape index (κ2) is 6.95. The molecule has 0 rings (SSSR count). The van der Waals surface area contributed by atoms with Crippen molar-refractivity contribution in [3.63, 3.8) is 0 Å². The molecule has 0 aromatic carbocycles. The molecule has 0 aromatic heterocycles. The Kier molecular flexibility index (Phi) is 6.53. The number of carboxylic acid groups (broad SMARTS) is 1. The molecule has 0 aliphatic carbocycles. The van der Waals surface area contributed by atoms with E-state index in [0.29, 0.717) is 6.42 Å². The fourth-order valence-corrected chi connectivity index (χ4v) is 0.467. The molecule has 0 bridgehead atoms. The first-order valence-electron chi connectivity index (χ1n) is 3.23. The van der Waals surface area contributed by atoms with E-state index in [2.05, 4.69) is 9.57 Å². The molecule has 0 fully saturated rings. The number of rotatable bonds is 7. The number of nitrogens with zero attached hydrogens (tertiary/aromatic N) is 1. The molecule has 0 aliphatic rings. The highest BCUT2D eigenvalue weighted by Crippen LogP contribution is 1.86. The SMILES string of the molecule is O=C(O)COCCCON(O)O. The number of hydrogen-bond acceptors (Lipinski definition) is 6. The van der Waals surface area contributed by atoms with Crippen LogP contribution in [0.3, 0.4) is 0 Å². The minimum absolute atomic E-state index is 0.0482. The van der Waals surface area contributed by atoms with Gasteiger partial charge in [0.15, 0.2) is 0 Å². The number of carboxylic acids is 1. The molecule has 12 heavy (non-hydrogen) atoms. The van der Waals surface area contributed by atoms with Gasteiger partial charge in [-0.15, -0.1) is 0 Å². The van der Waals surface area contributed by atoms with Crippen molar-refractivity contribution < 1.29 is 29.9 Å². The molecule has 0 aromatic rings. The van der Waals surface area contributed by atoms with Crippen LogP contribution in [0.2, 0.25) is 0 Å². The summed E-state index contributed by atoms with van der Waals surface area (Å²) < 4.78 is 4.62. The fraction of sp³-hybridized carbons (Fsp3) is 0.800. The highest BCUT2D eigenvalue weighted by Gasteiger charge is 1.97. The maximum Gasteiger partial charge on any atom is 0.329 e. The van der Waals surface area contributed by atoms with Gasteiger partial charge in [0.25, 0.3) is 0 Å². The molecule has 3 N–H and O–H groups in total. The maximum atomic E-state index is 9.90. The van der Waals surface area contributed by atoms with Gasteiger partial charge in [-0.25, -0.2) is 4.79 Å². The summed E-state index contributed by atoms with van der Waals surface area (Å²) in [5.41, 5.74) is 0. The summed E-state index contributed by atoms with van der Waals surface area (Å²) in [6.07, 6.45) is 0.380. The average molecular weight is 181 g/mol. The third kappa shape index (κ3) is 9.27. The van der Waals surface area contributed by atoms with Gasteiger partial charge < -0.3 is 9.84 Å². The van der Waals surface area contributed by atoms with Crippen LogP contribution in [-0.2, 0) is 14.4 Å². The van der Waals surface area contributed by atoms with Gasteiger partial charge in [-0.1, -0.05) is 0 Å². The highest BCUT2D eigenvalue weighted by molar-refractivity contribution is 5.67. The molecule has 0 saturated carbocycles. The smallest absolute Gasteiger partial charge is 0.329 e. The predicted octanol–water partition coefficient (Wildman–Crippen LogP) is -0.510. The van der Waals surface area contributed by atoms with Crippen molar-refractivity contribution in [1.29, 1.82) is 0 Å². The third-order valence-corrected chi connectivity index (χ3v) is 0.865. The molecule has 0 atom stereocenters. The Bertz CT molecular complexity index is 127. The van der Waals surface area contributed by atoms with E-state index in [0.717, 1.165) is 0 Å². The normalized spacial score (nSPS) is 10.6. The van der Waals surface area contributed by atoms with E-state index in [9.17, 15) is 4.79 Å². The summed E-state index contributed by atoms with van der Waals surface area (Å²) in [6.45, 7) is -0.116. The lowest BCUT2D eigenvalue weighted by atomic mass is 10.5. The maximum absolute atomic E-state index is 9.90. The molecule has 0 heterocycles. The molecular weight excluding hydrogens is 170 g/mol. The van der Waals surface area contributed by atoms with E-state index in [1.165, 1.54) is 0 Å². The lowest BCUT2D eigenvalue weighted by molar-refractivity contribution is -0.492. The molecule has 7 nitrogen and oxygen atoms in total. The third-order valence-electron chi connectivity index (χ3n) is 0.865. The molecule has 0 amide bonds. The van der Waals surface area contributed by atoms with Gasteiger partial charge in [-0.05, 0) is 6.42 Å². The van der Waals surface area contributed by atoms with E-state index in [-0.39, 0.29) is 19.8 Å². The number of hydrogen-bond donors (Lipinski definition) is 3. The summed E-state index contributed by atoms with van der Waals surface area (Å²) in [4.78, 5) is 14.1. The fourth-order valence-electron chi connectivity index (χ4n) is 0.467. The summed E-state index contributed by atoms with van der Waals surface area (Å²) in [6, 6.07) is 0. The number of carbonyl (C=O) groups is 1. The Hall–Kier alpha value is -0.730. The first-order chi connectivity index (χ1) is 5.63. The largest absolute Gasteiger partial charge is 0.480 e. The molecule has 0 radical (unpaired) electrons. The minimum atomic E-state index is -1.04. The summed E-state index contributed by atoms with van der Waals surface area (Å²) in [5, 5.41) is 23.8. The van der Waals surface area contributed by atoms with Crippen molar-refractivity contribution in [2.45, 2.75) is 6.42 Å². The van der Waals surface area contributed by atoms with Gasteiger partial charge in [0.05, 0.1) is 12.0 Å². The van der Waals surface area contributed by atoms with Crippen LogP contribution in [-0.4, -0.2) is 46.7 Å². The molecule has 7 heteroatoms. The molecular formula is C5H11NO6. The Morgan fingerprint density at radius 2 is 2.00 bits per heavy atom. The van der Waals surface area contributed by atoms with Crippen molar-refractivity contribution >= 4 is 5.97 Å². The number of ether oxygens (including phenoxy) is 1. The van der Waals surface area contributed by atoms with Crippen LogP contribution in [0.4, 0.5) is 0 Å². The van der Waals surface area contributed by atoms with Crippen LogP contribution in [0.25, 0.3) is 0 Å².